The van der Waals surface area contributed by atoms with Crippen molar-refractivity contribution in [2.45, 2.75) is 0 Å². The molecule has 31 heavy (non-hydrogen) atoms. The van der Waals surface area contributed by atoms with Gasteiger partial charge in [0, 0.05) is 17.3 Å². The maximum absolute atomic E-state index is 13.3. The molecule has 8 heteroatoms. The average molecular weight is 430 g/mol. The molecule has 154 valence electrons. The lowest BCUT2D eigenvalue weighted by Gasteiger charge is -2.21. The van der Waals surface area contributed by atoms with E-state index >= 15 is 0 Å². The van der Waals surface area contributed by atoms with Crippen LogP contribution in [0.4, 0.5) is 5.69 Å². The van der Waals surface area contributed by atoms with Gasteiger partial charge in [-0.3, -0.25) is 19.4 Å². The summed E-state index contributed by atoms with van der Waals surface area (Å²) in [5.74, 6) is -0.927. The van der Waals surface area contributed by atoms with E-state index in [4.69, 9.17) is 12.2 Å². The Balaban J connectivity index is 1.92. The number of imidazole rings is 1. The topological polar surface area (TPSA) is 101 Å². The molecule has 3 aromatic carbocycles. The highest BCUT2D eigenvalue weighted by atomic mass is 32.1. The third-order valence-electron chi connectivity index (χ3n) is 4.74. The molecule has 0 saturated carbocycles. The fourth-order valence-electron chi connectivity index (χ4n) is 3.20. The third kappa shape index (κ3) is 4.08. The van der Waals surface area contributed by atoms with Gasteiger partial charge in [0.15, 0.2) is 16.3 Å². The minimum absolute atomic E-state index is 0.0195. The monoisotopic (exact) mass is 430 g/mol. The second kappa shape index (κ2) is 8.49. The van der Waals surface area contributed by atoms with Gasteiger partial charge in [0.05, 0.1) is 22.3 Å². The second-order valence-corrected chi connectivity index (χ2v) is 7.09. The number of rotatable bonds is 6. The van der Waals surface area contributed by atoms with Crippen molar-refractivity contribution in [1.29, 1.82) is 0 Å². The number of benzene rings is 3. The van der Waals surface area contributed by atoms with Crippen molar-refractivity contribution in [1.82, 2.24) is 9.55 Å². The summed E-state index contributed by atoms with van der Waals surface area (Å²) >= 11 is 5.37. The van der Waals surface area contributed by atoms with Crippen molar-refractivity contribution in [2.24, 2.45) is 0 Å². The number of fused-ring (bicyclic) bond motifs is 1. The van der Waals surface area contributed by atoms with Gasteiger partial charge >= 0.3 is 0 Å². The van der Waals surface area contributed by atoms with E-state index in [2.05, 4.69) is 4.98 Å². The standard InChI is InChI=1S/C23H16N3O4S/c27-21(15-7-3-1-4-8-15)18(22(28)16-9-5-2-6-10-16)14-25-20-13-17(26(29)30)11-12-19(20)24-23(25)31/h1-14,29H,(H,24,31)/q-1. The summed E-state index contributed by atoms with van der Waals surface area (Å²) in [4.78, 5) is 29.5. The van der Waals surface area contributed by atoms with Crippen LogP contribution in [-0.2, 0) is 0 Å². The molecule has 0 bridgehead atoms. The van der Waals surface area contributed by atoms with E-state index in [1.807, 2.05) is 0 Å². The zero-order chi connectivity index (χ0) is 22.0. The Bertz CT molecular complexity index is 1300. The largest absolute Gasteiger partial charge is 0.733 e. The van der Waals surface area contributed by atoms with Crippen LogP contribution in [0.3, 0.4) is 0 Å². The highest BCUT2D eigenvalue weighted by Crippen LogP contribution is 2.23. The Kier molecular flexibility index (Phi) is 5.59. The van der Waals surface area contributed by atoms with Gasteiger partial charge in [-0.05, 0) is 30.4 Å². The highest BCUT2D eigenvalue weighted by molar-refractivity contribution is 7.71. The van der Waals surface area contributed by atoms with Crippen LogP contribution in [0, 0.1) is 9.98 Å². The lowest BCUT2D eigenvalue weighted by Crippen LogP contribution is -2.15. The molecule has 0 unspecified atom stereocenters. The van der Waals surface area contributed by atoms with Gasteiger partial charge in [0.1, 0.15) is 0 Å². The summed E-state index contributed by atoms with van der Waals surface area (Å²) in [7, 11) is 0. The van der Waals surface area contributed by atoms with E-state index in [9.17, 15) is 20.0 Å². The lowest BCUT2D eigenvalue weighted by atomic mass is 9.96. The smallest absolute Gasteiger partial charge is 0.198 e. The van der Waals surface area contributed by atoms with Crippen LogP contribution in [-0.4, -0.2) is 26.3 Å². The van der Waals surface area contributed by atoms with Gasteiger partial charge in [0.25, 0.3) is 0 Å². The van der Waals surface area contributed by atoms with Gasteiger partial charge in [-0.25, -0.2) is 0 Å². The predicted molar refractivity (Wildman–Crippen MR) is 121 cm³/mol. The van der Waals surface area contributed by atoms with E-state index in [1.165, 1.54) is 22.9 Å². The Morgan fingerprint density at radius 1 is 0.935 bits per heavy atom. The number of aromatic amines is 1. The molecule has 0 amide bonds. The molecule has 0 aliphatic carbocycles. The van der Waals surface area contributed by atoms with Crippen molar-refractivity contribution in [3.05, 3.63) is 106 Å². The number of ketones is 2. The van der Waals surface area contributed by atoms with Gasteiger partial charge < -0.3 is 15.4 Å². The van der Waals surface area contributed by atoms with E-state index in [1.54, 1.807) is 66.7 Å². The molecule has 0 spiro atoms. The number of nitrogens with zero attached hydrogens (tertiary/aromatic N) is 2. The molecule has 0 radical (unpaired) electrons. The molecular weight excluding hydrogens is 414 g/mol. The summed E-state index contributed by atoms with van der Waals surface area (Å²) < 4.78 is 1.66. The lowest BCUT2D eigenvalue weighted by molar-refractivity contribution is 0.0964. The first-order valence-electron chi connectivity index (χ1n) is 9.27. The number of hydrogen-bond donors (Lipinski definition) is 2. The SMILES string of the molecule is O=C(C(=Cn1c(=S)[nH]c2ccc(N([O-])O)cc21)C(=O)c1ccccc1)c1ccccc1. The Hall–Kier alpha value is -3.85. The molecule has 4 aromatic rings. The van der Waals surface area contributed by atoms with Crippen LogP contribution in [0.5, 0.6) is 0 Å². The normalized spacial score (nSPS) is 10.6. The number of carbonyl (C=O) groups is 2. The van der Waals surface area contributed by atoms with Gasteiger partial charge in [-0.15, -0.1) is 0 Å². The number of allylic oxidation sites excluding steroid dienone is 1. The number of H-pyrrole nitrogens is 1. The minimum atomic E-state index is -0.463. The van der Waals surface area contributed by atoms with Crippen LogP contribution in [0.25, 0.3) is 17.2 Å². The van der Waals surface area contributed by atoms with Crippen LogP contribution >= 0.6 is 12.2 Å². The zero-order valence-electron chi connectivity index (χ0n) is 16.1. The number of anilines is 1. The van der Waals surface area contributed by atoms with Crippen LogP contribution in [0.2, 0.25) is 0 Å². The second-order valence-electron chi connectivity index (χ2n) is 6.71. The first kappa shape index (κ1) is 20.4. The summed E-state index contributed by atoms with van der Waals surface area (Å²) in [6.45, 7) is 0. The summed E-state index contributed by atoms with van der Waals surface area (Å²) in [6, 6.07) is 21.3. The number of nitrogens with one attached hydrogen (secondary N) is 1. The predicted octanol–water partition coefficient (Wildman–Crippen LogP) is 5.00. The fraction of sp³-hybridized carbons (Fsp3) is 0. The summed E-state index contributed by atoms with van der Waals surface area (Å²) in [5, 5.41) is 20.3. The van der Waals surface area contributed by atoms with Crippen LogP contribution < -0.4 is 5.23 Å². The van der Waals surface area contributed by atoms with Crippen molar-refractivity contribution >= 4 is 46.7 Å². The van der Waals surface area contributed by atoms with Crippen molar-refractivity contribution in [2.75, 3.05) is 5.23 Å². The molecule has 0 aliphatic heterocycles. The van der Waals surface area contributed by atoms with Gasteiger partial charge in [-0.1, -0.05) is 60.7 Å². The highest BCUT2D eigenvalue weighted by Gasteiger charge is 2.22. The molecule has 7 nitrogen and oxygen atoms in total. The molecular formula is C23H16N3O4S-. The fourth-order valence-corrected chi connectivity index (χ4v) is 3.46. The number of aromatic nitrogens is 2. The van der Waals surface area contributed by atoms with E-state index in [0.29, 0.717) is 22.2 Å². The molecule has 2 N–H and O–H groups in total. The average Bonchev–Trinajstić information content (AvgIpc) is 3.11. The number of Topliss-reactive ketones (excluding diaryl/α,β-unsaturated/α-hetero) is 2. The summed E-state index contributed by atoms with van der Waals surface area (Å²) in [6.07, 6.45) is 1.36. The van der Waals surface area contributed by atoms with E-state index in [-0.39, 0.29) is 21.3 Å². The van der Waals surface area contributed by atoms with Crippen molar-refractivity contribution in [3.8, 4) is 0 Å². The molecule has 0 aliphatic rings. The Morgan fingerprint density at radius 2 is 1.48 bits per heavy atom. The summed E-state index contributed by atoms with van der Waals surface area (Å²) in [5.41, 5.74) is 1.59. The first-order chi connectivity index (χ1) is 15.0. The molecule has 1 heterocycles. The van der Waals surface area contributed by atoms with E-state index < -0.39 is 11.6 Å². The quantitative estimate of drug-likeness (QED) is 0.111. The maximum Gasteiger partial charge on any atom is 0.198 e. The molecule has 4 rings (SSSR count). The molecule has 0 fully saturated rings. The first-order valence-corrected chi connectivity index (χ1v) is 9.68. The van der Waals surface area contributed by atoms with Crippen molar-refractivity contribution < 1.29 is 14.8 Å². The Labute approximate surface area is 182 Å². The van der Waals surface area contributed by atoms with Crippen LogP contribution in [0.15, 0.2) is 84.4 Å². The molecule has 0 atom stereocenters. The van der Waals surface area contributed by atoms with Crippen molar-refractivity contribution in [3.63, 3.8) is 0 Å². The van der Waals surface area contributed by atoms with Gasteiger partial charge in [0.2, 0.25) is 0 Å². The minimum Gasteiger partial charge on any atom is -0.733 e. The molecule has 0 saturated heterocycles. The van der Waals surface area contributed by atoms with E-state index in [0.717, 1.165) is 0 Å². The number of hydrogen-bond acceptors (Lipinski definition) is 6. The van der Waals surface area contributed by atoms with Crippen LogP contribution in [0.1, 0.15) is 20.7 Å². The third-order valence-corrected chi connectivity index (χ3v) is 5.04. The number of carbonyl (C=O) groups excluding carboxylic acids is 2. The van der Waals surface area contributed by atoms with Gasteiger partial charge in [-0.2, -0.15) is 0 Å². The zero-order valence-corrected chi connectivity index (χ0v) is 16.9. The molecule has 1 aromatic heterocycles. The Morgan fingerprint density at radius 3 is 2.00 bits per heavy atom. The maximum atomic E-state index is 13.3.